The first-order valence-corrected chi connectivity index (χ1v) is 6.13. The third-order valence-corrected chi connectivity index (χ3v) is 3.03. The second-order valence-corrected chi connectivity index (χ2v) is 4.74. The summed E-state index contributed by atoms with van der Waals surface area (Å²) in [6.45, 7) is 0. The number of carbonyl (C=O) groups excluding carboxylic acids is 1. The van der Waals surface area contributed by atoms with E-state index < -0.39 is 0 Å². The summed E-state index contributed by atoms with van der Waals surface area (Å²) in [4.78, 5) is 19.2. The summed E-state index contributed by atoms with van der Waals surface area (Å²) in [6.07, 6.45) is 3.95. The Balaban J connectivity index is 2.59. The standard InChI is InChI=1S/C12H8BrClN2O2/c1-18-12-9(6-17)10(14)3-11(16-12)7-2-8(13)5-15-4-7/h2-6H,1H3. The average molecular weight is 328 g/mol. The molecule has 0 spiro atoms. The molecule has 0 fully saturated rings. The first-order chi connectivity index (χ1) is 8.65. The SMILES string of the molecule is COc1nc(-c2cncc(Br)c2)cc(Cl)c1C=O. The van der Waals surface area contributed by atoms with Gasteiger partial charge in [-0.1, -0.05) is 11.6 Å². The van der Waals surface area contributed by atoms with E-state index in [0.29, 0.717) is 17.0 Å². The molecule has 2 aromatic heterocycles. The summed E-state index contributed by atoms with van der Waals surface area (Å²) in [7, 11) is 1.44. The predicted molar refractivity (Wildman–Crippen MR) is 72.1 cm³/mol. The zero-order valence-electron chi connectivity index (χ0n) is 9.35. The molecule has 0 radical (unpaired) electrons. The maximum absolute atomic E-state index is 10.9. The molecule has 2 heterocycles. The highest BCUT2D eigenvalue weighted by atomic mass is 79.9. The summed E-state index contributed by atoms with van der Waals surface area (Å²) >= 11 is 9.35. The number of carbonyl (C=O) groups is 1. The number of methoxy groups -OCH3 is 1. The quantitative estimate of drug-likeness (QED) is 0.811. The fourth-order valence-electron chi connectivity index (χ4n) is 1.46. The lowest BCUT2D eigenvalue weighted by atomic mass is 10.1. The zero-order valence-corrected chi connectivity index (χ0v) is 11.7. The molecule has 0 atom stereocenters. The first-order valence-electron chi connectivity index (χ1n) is 4.96. The molecule has 0 saturated heterocycles. The van der Waals surface area contributed by atoms with Crippen LogP contribution in [0.1, 0.15) is 10.4 Å². The van der Waals surface area contributed by atoms with E-state index in [1.165, 1.54) is 7.11 Å². The molecule has 2 rings (SSSR count). The van der Waals surface area contributed by atoms with Crippen LogP contribution in [0.25, 0.3) is 11.3 Å². The number of hydrogen-bond donors (Lipinski definition) is 0. The van der Waals surface area contributed by atoms with Crippen molar-refractivity contribution in [1.29, 1.82) is 0 Å². The Morgan fingerprint density at radius 1 is 1.39 bits per heavy atom. The van der Waals surface area contributed by atoms with Gasteiger partial charge in [0.1, 0.15) is 0 Å². The Morgan fingerprint density at radius 3 is 2.78 bits per heavy atom. The fraction of sp³-hybridized carbons (Fsp3) is 0.0833. The molecule has 18 heavy (non-hydrogen) atoms. The van der Waals surface area contributed by atoms with Crippen LogP contribution in [0, 0.1) is 0 Å². The van der Waals surface area contributed by atoms with E-state index in [2.05, 4.69) is 25.9 Å². The van der Waals surface area contributed by atoms with Gasteiger partial charge < -0.3 is 4.74 Å². The van der Waals surface area contributed by atoms with Crippen LogP contribution >= 0.6 is 27.5 Å². The summed E-state index contributed by atoms with van der Waals surface area (Å²) in [5, 5.41) is 0.298. The molecule has 0 aromatic carbocycles. The zero-order chi connectivity index (χ0) is 13.1. The molecule has 0 aliphatic rings. The highest BCUT2D eigenvalue weighted by Crippen LogP contribution is 2.29. The summed E-state index contributed by atoms with van der Waals surface area (Å²) < 4.78 is 5.88. The Kier molecular flexibility index (Phi) is 3.93. The maximum Gasteiger partial charge on any atom is 0.225 e. The molecule has 0 aliphatic heterocycles. The summed E-state index contributed by atoms with van der Waals surface area (Å²) in [5.41, 5.74) is 1.61. The van der Waals surface area contributed by atoms with Gasteiger partial charge in [0, 0.05) is 22.4 Å². The van der Waals surface area contributed by atoms with Crippen molar-refractivity contribution in [1.82, 2.24) is 9.97 Å². The van der Waals surface area contributed by atoms with Crippen LogP contribution in [0.3, 0.4) is 0 Å². The van der Waals surface area contributed by atoms with Crippen LogP contribution in [0.2, 0.25) is 5.02 Å². The minimum atomic E-state index is 0.201. The van der Waals surface area contributed by atoms with Gasteiger partial charge in [0.05, 0.1) is 23.4 Å². The molecule has 92 valence electrons. The number of rotatable bonds is 3. The fourth-order valence-corrected chi connectivity index (χ4v) is 2.06. The van der Waals surface area contributed by atoms with Gasteiger partial charge in [-0.3, -0.25) is 9.78 Å². The molecule has 0 amide bonds. The highest BCUT2D eigenvalue weighted by Gasteiger charge is 2.12. The largest absolute Gasteiger partial charge is 0.480 e. The van der Waals surface area contributed by atoms with Gasteiger partial charge in [-0.25, -0.2) is 4.98 Å². The normalized spacial score (nSPS) is 10.2. The monoisotopic (exact) mass is 326 g/mol. The van der Waals surface area contributed by atoms with Crippen molar-refractivity contribution in [3.8, 4) is 17.1 Å². The first kappa shape index (κ1) is 13.0. The molecule has 0 aliphatic carbocycles. The van der Waals surface area contributed by atoms with Crippen molar-refractivity contribution in [3.63, 3.8) is 0 Å². The van der Waals surface area contributed by atoms with Crippen LogP contribution in [-0.4, -0.2) is 23.4 Å². The number of aromatic nitrogens is 2. The highest BCUT2D eigenvalue weighted by molar-refractivity contribution is 9.10. The van der Waals surface area contributed by atoms with Gasteiger partial charge >= 0.3 is 0 Å². The topological polar surface area (TPSA) is 52.1 Å². The van der Waals surface area contributed by atoms with E-state index >= 15 is 0 Å². The minimum absolute atomic E-state index is 0.201. The molecule has 0 N–H and O–H groups in total. The van der Waals surface area contributed by atoms with Gasteiger partial charge in [0.2, 0.25) is 5.88 Å². The minimum Gasteiger partial charge on any atom is -0.480 e. The lowest BCUT2D eigenvalue weighted by Gasteiger charge is -2.08. The maximum atomic E-state index is 10.9. The van der Waals surface area contributed by atoms with Crippen molar-refractivity contribution in [2.45, 2.75) is 0 Å². The van der Waals surface area contributed by atoms with Crippen molar-refractivity contribution in [2.75, 3.05) is 7.11 Å². The van der Waals surface area contributed by atoms with Crippen molar-refractivity contribution >= 4 is 33.8 Å². The Hall–Kier alpha value is -1.46. The van der Waals surface area contributed by atoms with Crippen molar-refractivity contribution in [2.24, 2.45) is 0 Å². The van der Waals surface area contributed by atoms with Gasteiger partial charge in [0.25, 0.3) is 0 Å². The second kappa shape index (κ2) is 5.46. The Bertz CT molecular complexity index is 605. The predicted octanol–water partition coefficient (Wildman–Crippen LogP) is 3.38. The number of nitrogens with zero attached hydrogens (tertiary/aromatic N) is 2. The average Bonchev–Trinajstić information content (AvgIpc) is 2.37. The van der Waals surface area contributed by atoms with E-state index in [1.807, 2.05) is 6.07 Å². The number of ether oxygens (including phenoxy) is 1. The van der Waals surface area contributed by atoms with E-state index in [0.717, 1.165) is 10.0 Å². The summed E-state index contributed by atoms with van der Waals surface area (Å²) in [6, 6.07) is 3.46. The Labute approximate surface area is 117 Å². The Morgan fingerprint density at radius 2 is 2.17 bits per heavy atom. The third-order valence-electron chi connectivity index (χ3n) is 2.28. The number of hydrogen-bond acceptors (Lipinski definition) is 4. The molecule has 0 unspecified atom stereocenters. The molecule has 2 aromatic rings. The molecule has 4 nitrogen and oxygen atoms in total. The lowest BCUT2D eigenvalue weighted by molar-refractivity contribution is 0.112. The van der Waals surface area contributed by atoms with Crippen LogP contribution < -0.4 is 4.74 Å². The van der Waals surface area contributed by atoms with Gasteiger partial charge in [-0.15, -0.1) is 0 Å². The molecular formula is C12H8BrClN2O2. The van der Waals surface area contributed by atoms with E-state index in [9.17, 15) is 4.79 Å². The van der Waals surface area contributed by atoms with Crippen LogP contribution in [0.15, 0.2) is 29.0 Å². The van der Waals surface area contributed by atoms with E-state index in [1.54, 1.807) is 18.5 Å². The molecule has 6 heteroatoms. The number of aldehydes is 1. The van der Waals surface area contributed by atoms with Gasteiger partial charge in [-0.2, -0.15) is 0 Å². The van der Waals surface area contributed by atoms with Gasteiger partial charge in [0.15, 0.2) is 6.29 Å². The van der Waals surface area contributed by atoms with Gasteiger partial charge in [-0.05, 0) is 28.1 Å². The number of halogens is 2. The van der Waals surface area contributed by atoms with Crippen LogP contribution in [0.4, 0.5) is 0 Å². The second-order valence-electron chi connectivity index (χ2n) is 3.42. The van der Waals surface area contributed by atoms with Crippen LogP contribution in [-0.2, 0) is 0 Å². The van der Waals surface area contributed by atoms with Crippen molar-refractivity contribution < 1.29 is 9.53 Å². The van der Waals surface area contributed by atoms with E-state index in [4.69, 9.17) is 16.3 Å². The number of pyridine rings is 2. The van der Waals surface area contributed by atoms with Crippen LogP contribution in [0.5, 0.6) is 5.88 Å². The molecule has 0 saturated carbocycles. The molecular weight excluding hydrogens is 320 g/mol. The lowest BCUT2D eigenvalue weighted by Crippen LogP contribution is -1.97. The van der Waals surface area contributed by atoms with E-state index in [-0.39, 0.29) is 11.4 Å². The molecule has 0 bridgehead atoms. The van der Waals surface area contributed by atoms with Crippen molar-refractivity contribution in [3.05, 3.63) is 39.6 Å². The third kappa shape index (κ3) is 2.52. The smallest absolute Gasteiger partial charge is 0.225 e. The summed E-state index contributed by atoms with van der Waals surface area (Å²) in [5.74, 6) is 0.201.